The number of hydrogen-bond acceptors (Lipinski definition) is 5. The minimum Gasteiger partial charge on any atom is -0.481 e. The number of carboxylic acid groups (broad SMARTS) is 1. The molecule has 4 rings (SSSR count). The number of rotatable bonds is 8. The van der Waals surface area contributed by atoms with Crippen LogP contribution in [0.4, 0.5) is 5.69 Å². The van der Waals surface area contributed by atoms with E-state index in [1.807, 2.05) is 48.5 Å². The Bertz CT molecular complexity index is 1080. The number of aliphatic carboxylic acids is 1. The van der Waals surface area contributed by atoms with Crippen LogP contribution < -0.4 is 5.32 Å². The minimum atomic E-state index is -0.732. The normalized spacial score (nSPS) is 15.2. The number of aromatic nitrogens is 1. The standard InChI is InChI=1S/C25H27N3O4/c1-3-16(2)18-8-10-21(11-9-18)26-24(29)22-12-23(32-27-22)19-6-4-17(5-7-19)13-28-14-20(15-28)25(30)31/h4-12,16,20H,3,13-15H2,1-2H3,(H,26,29)(H,30,31). The van der Waals surface area contributed by atoms with E-state index in [0.717, 1.165) is 17.5 Å². The lowest BCUT2D eigenvalue weighted by Gasteiger charge is -2.36. The van der Waals surface area contributed by atoms with Crippen molar-refractivity contribution in [3.05, 3.63) is 71.4 Å². The third-order valence-electron chi connectivity index (χ3n) is 6.04. The molecular weight excluding hydrogens is 406 g/mol. The van der Waals surface area contributed by atoms with E-state index in [2.05, 4.69) is 29.2 Å². The van der Waals surface area contributed by atoms with Crippen LogP contribution in [-0.2, 0) is 11.3 Å². The average molecular weight is 434 g/mol. The second-order valence-corrected chi connectivity index (χ2v) is 8.39. The predicted octanol–water partition coefficient (Wildman–Crippen LogP) is 4.62. The number of anilines is 1. The van der Waals surface area contributed by atoms with Gasteiger partial charge in [-0.05, 0) is 35.6 Å². The van der Waals surface area contributed by atoms with Crippen molar-refractivity contribution < 1.29 is 19.2 Å². The van der Waals surface area contributed by atoms with E-state index < -0.39 is 5.97 Å². The van der Waals surface area contributed by atoms with Gasteiger partial charge in [-0.25, -0.2) is 0 Å². The fourth-order valence-corrected chi connectivity index (χ4v) is 3.73. The maximum atomic E-state index is 12.5. The number of carbonyl (C=O) groups is 2. The number of nitrogens with zero attached hydrogens (tertiary/aromatic N) is 2. The molecule has 0 spiro atoms. The number of benzene rings is 2. The number of carbonyl (C=O) groups excluding carboxylic acids is 1. The summed E-state index contributed by atoms with van der Waals surface area (Å²) in [6, 6.07) is 17.3. The molecule has 1 aromatic heterocycles. The van der Waals surface area contributed by atoms with Gasteiger partial charge in [0.25, 0.3) is 5.91 Å². The second kappa shape index (κ2) is 9.36. The first-order chi connectivity index (χ1) is 15.4. The summed E-state index contributed by atoms with van der Waals surface area (Å²) in [5, 5.41) is 15.7. The van der Waals surface area contributed by atoms with Crippen molar-refractivity contribution in [3.63, 3.8) is 0 Å². The molecule has 7 heteroatoms. The largest absolute Gasteiger partial charge is 0.481 e. The number of carboxylic acids is 1. The van der Waals surface area contributed by atoms with Crippen LogP contribution in [0.2, 0.25) is 0 Å². The Balaban J connectivity index is 1.35. The summed E-state index contributed by atoms with van der Waals surface area (Å²) >= 11 is 0. The van der Waals surface area contributed by atoms with Gasteiger partial charge in [-0.2, -0.15) is 0 Å². The minimum absolute atomic E-state index is 0.218. The van der Waals surface area contributed by atoms with E-state index in [-0.39, 0.29) is 17.5 Å². The molecule has 1 saturated heterocycles. The quantitative estimate of drug-likeness (QED) is 0.538. The number of amides is 1. The Morgan fingerprint density at radius 3 is 2.47 bits per heavy atom. The van der Waals surface area contributed by atoms with E-state index >= 15 is 0 Å². The molecular formula is C25H27N3O4. The first-order valence-electron chi connectivity index (χ1n) is 10.9. The Hall–Kier alpha value is -3.45. The summed E-state index contributed by atoms with van der Waals surface area (Å²) in [4.78, 5) is 25.6. The van der Waals surface area contributed by atoms with Crippen molar-refractivity contribution in [2.24, 2.45) is 5.92 Å². The molecule has 1 fully saturated rings. The molecule has 1 atom stereocenters. The number of nitrogens with one attached hydrogen (secondary N) is 1. The number of likely N-dealkylation sites (tertiary alicyclic amines) is 1. The van der Waals surface area contributed by atoms with Crippen LogP contribution in [0.5, 0.6) is 0 Å². The molecule has 0 aliphatic carbocycles. The van der Waals surface area contributed by atoms with E-state index in [1.165, 1.54) is 5.56 Å². The van der Waals surface area contributed by atoms with Gasteiger partial charge in [0.05, 0.1) is 5.92 Å². The molecule has 32 heavy (non-hydrogen) atoms. The van der Waals surface area contributed by atoms with Crippen molar-refractivity contribution in [3.8, 4) is 11.3 Å². The monoisotopic (exact) mass is 433 g/mol. The lowest BCUT2D eigenvalue weighted by atomic mass is 9.99. The molecule has 0 radical (unpaired) electrons. The van der Waals surface area contributed by atoms with E-state index in [9.17, 15) is 9.59 Å². The zero-order chi connectivity index (χ0) is 22.7. The van der Waals surface area contributed by atoms with Crippen LogP contribution in [0.25, 0.3) is 11.3 Å². The molecule has 0 saturated carbocycles. The molecule has 1 aliphatic heterocycles. The molecule has 2 heterocycles. The van der Waals surface area contributed by atoms with Crippen molar-refractivity contribution in [1.29, 1.82) is 0 Å². The van der Waals surface area contributed by atoms with Gasteiger partial charge in [0.1, 0.15) is 0 Å². The summed E-state index contributed by atoms with van der Waals surface area (Å²) in [6.07, 6.45) is 1.07. The van der Waals surface area contributed by atoms with Crippen LogP contribution in [0.1, 0.15) is 47.8 Å². The van der Waals surface area contributed by atoms with Crippen LogP contribution in [-0.4, -0.2) is 40.1 Å². The van der Waals surface area contributed by atoms with Crippen molar-refractivity contribution in [2.45, 2.75) is 32.7 Å². The molecule has 7 nitrogen and oxygen atoms in total. The van der Waals surface area contributed by atoms with Gasteiger partial charge in [-0.3, -0.25) is 14.5 Å². The third kappa shape index (κ3) is 4.89. The summed E-state index contributed by atoms with van der Waals surface area (Å²) in [5.41, 5.74) is 4.09. The first-order valence-corrected chi connectivity index (χ1v) is 10.9. The highest BCUT2D eigenvalue weighted by atomic mass is 16.5. The fraction of sp³-hybridized carbons (Fsp3) is 0.320. The van der Waals surface area contributed by atoms with Gasteiger partial charge < -0.3 is 14.9 Å². The zero-order valence-corrected chi connectivity index (χ0v) is 18.2. The Kier molecular flexibility index (Phi) is 6.37. The Labute approximate surface area is 187 Å². The van der Waals surface area contributed by atoms with Crippen molar-refractivity contribution in [1.82, 2.24) is 10.1 Å². The number of hydrogen-bond donors (Lipinski definition) is 2. The highest BCUT2D eigenvalue weighted by molar-refractivity contribution is 6.03. The van der Waals surface area contributed by atoms with Crippen LogP contribution in [0, 0.1) is 5.92 Å². The average Bonchev–Trinajstić information content (AvgIpc) is 3.26. The van der Waals surface area contributed by atoms with Gasteiger partial charge in [-0.15, -0.1) is 0 Å². The van der Waals surface area contributed by atoms with Gasteiger partial charge in [0.15, 0.2) is 11.5 Å². The van der Waals surface area contributed by atoms with Crippen LogP contribution in [0.15, 0.2) is 59.1 Å². The maximum Gasteiger partial charge on any atom is 0.309 e. The lowest BCUT2D eigenvalue weighted by molar-refractivity contribution is -0.147. The summed E-state index contributed by atoms with van der Waals surface area (Å²) < 4.78 is 5.38. The topological polar surface area (TPSA) is 95.7 Å². The predicted molar refractivity (Wildman–Crippen MR) is 121 cm³/mol. The van der Waals surface area contributed by atoms with Crippen LogP contribution >= 0.6 is 0 Å². The highest BCUT2D eigenvalue weighted by Crippen LogP contribution is 2.24. The van der Waals surface area contributed by atoms with E-state index in [0.29, 0.717) is 37.0 Å². The zero-order valence-electron chi connectivity index (χ0n) is 18.2. The van der Waals surface area contributed by atoms with Crippen molar-refractivity contribution >= 4 is 17.6 Å². The summed E-state index contributed by atoms with van der Waals surface area (Å²) in [5.74, 6) is -0.310. The second-order valence-electron chi connectivity index (χ2n) is 8.39. The fourth-order valence-electron chi connectivity index (χ4n) is 3.73. The van der Waals surface area contributed by atoms with Crippen LogP contribution in [0.3, 0.4) is 0 Å². The Morgan fingerprint density at radius 1 is 1.16 bits per heavy atom. The molecule has 166 valence electrons. The molecule has 1 amide bonds. The smallest absolute Gasteiger partial charge is 0.309 e. The molecule has 0 bridgehead atoms. The van der Waals surface area contributed by atoms with Gasteiger partial charge in [-0.1, -0.05) is 55.4 Å². The highest BCUT2D eigenvalue weighted by Gasteiger charge is 2.32. The summed E-state index contributed by atoms with van der Waals surface area (Å²) in [6.45, 7) is 6.20. The molecule has 3 aromatic rings. The SMILES string of the molecule is CCC(C)c1ccc(NC(=O)c2cc(-c3ccc(CN4CC(C(=O)O)C4)cc3)on2)cc1. The molecule has 2 aromatic carbocycles. The van der Waals surface area contributed by atoms with E-state index in [4.69, 9.17) is 9.63 Å². The lowest BCUT2D eigenvalue weighted by Crippen LogP contribution is -2.49. The maximum absolute atomic E-state index is 12.5. The molecule has 1 aliphatic rings. The van der Waals surface area contributed by atoms with Gasteiger partial charge in [0, 0.05) is 37.0 Å². The molecule has 1 unspecified atom stereocenters. The Morgan fingerprint density at radius 2 is 1.84 bits per heavy atom. The summed E-state index contributed by atoms with van der Waals surface area (Å²) in [7, 11) is 0. The van der Waals surface area contributed by atoms with Gasteiger partial charge >= 0.3 is 5.97 Å². The van der Waals surface area contributed by atoms with Crippen molar-refractivity contribution in [2.75, 3.05) is 18.4 Å². The third-order valence-corrected chi connectivity index (χ3v) is 6.04. The van der Waals surface area contributed by atoms with Gasteiger partial charge in [0.2, 0.25) is 0 Å². The first kappa shape index (κ1) is 21.8. The molecule has 2 N–H and O–H groups in total. The van der Waals surface area contributed by atoms with E-state index in [1.54, 1.807) is 6.07 Å².